The third kappa shape index (κ3) is 2.99. The van der Waals surface area contributed by atoms with E-state index < -0.39 is 37.2 Å². The largest absolute Gasteiger partial charge is 0.390 e. The van der Waals surface area contributed by atoms with Gasteiger partial charge in [0.2, 0.25) is 5.91 Å². The Morgan fingerprint density at radius 3 is 2.85 bits per heavy atom. The summed E-state index contributed by atoms with van der Waals surface area (Å²) < 4.78 is 27.6. The summed E-state index contributed by atoms with van der Waals surface area (Å²) in [5, 5.41) is 14.2. The molecule has 0 bridgehead atoms. The number of carbonyl (C=O) groups excluding carboxylic acids is 1. The van der Waals surface area contributed by atoms with E-state index in [9.17, 15) is 18.4 Å². The molecule has 0 radical (unpaired) electrons. The number of fused-ring (bicyclic) bond motifs is 1. The van der Waals surface area contributed by atoms with Crippen LogP contribution in [0.5, 0.6) is 0 Å². The SMILES string of the molecule is O=C(Cn1nc2ccccn2c1=O)NCC(F)(F)CO. The van der Waals surface area contributed by atoms with Crippen molar-refractivity contribution in [3.63, 3.8) is 0 Å². The van der Waals surface area contributed by atoms with Gasteiger partial charge in [-0.25, -0.2) is 18.3 Å². The Hall–Kier alpha value is -2.29. The lowest BCUT2D eigenvalue weighted by molar-refractivity contribution is -0.124. The average Bonchev–Trinajstić information content (AvgIpc) is 2.74. The molecule has 0 atom stereocenters. The lowest BCUT2D eigenvalue weighted by Gasteiger charge is -2.13. The van der Waals surface area contributed by atoms with Crippen LogP contribution in [0.4, 0.5) is 8.78 Å². The Kier molecular flexibility index (Phi) is 3.79. The van der Waals surface area contributed by atoms with Gasteiger partial charge in [0.15, 0.2) is 5.65 Å². The first-order valence-corrected chi connectivity index (χ1v) is 5.72. The minimum Gasteiger partial charge on any atom is -0.390 e. The number of halogens is 2. The van der Waals surface area contributed by atoms with Crippen LogP contribution in [0.1, 0.15) is 0 Å². The smallest absolute Gasteiger partial charge is 0.350 e. The molecule has 2 heterocycles. The monoisotopic (exact) mass is 286 g/mol. The van der Waals surface area contributed by atoms with Crippen LogP contribution in [0.25, 0.3) is 5.65 Å². The summed E-state index contributed by atoms with van der Waals surface area (Å²) in [6.07, 6.45) is 1.49. The number of aromatic nitrogens is 3. The van der Waals surface area contributed by atoms with Crippen molar-refractivity contribution in [2.75, 3.05) is 13.2 Å². The molecule has 0 fully saturated rings. The van der Waals surface area contributed by atoms with E-state index in [0.717, 1.165) is 4.68 Å². The molecule has 2 N–H and O–H groups in total. The average molecular weight is 286 g/mol. The Balaban J connectivity index is 2.07. The number of alkyl halides is 2. The second-order valence-electron chi connectivity index (χ2n) is 4.16. The highest BCUT2D eigenvalue weighted by Gasteiger charge is 2.28. The van der Waals surface area contributed by atoms with Crippen LogP contribution in [0.15, 0.2) is 29.2 Å². The van der Waals surface area contributed by atoms with Crippen LogP contribution in [0.2, 0.25) is 0 Å². The summed E-state index contributed by atoms with van der Waals surface area (Å²) in [5.41, 5.74) is -0.185. The summed E-state index contributed by atoms with van der Waals surface area (Å²) in [7, 11) is 0. The van der Waals surface area contributed by atoms with Gasteiger partial charge < -0.3 is 10.4 Å². The van der Waals surface area contributed by atoms with Crippen molar-refractivity contribution in [3.8, 4) is 0 Å². The van der Waals surface area contributed by atoms with Crippen molar-refractivity contribution in [2.45, 2.75) is 12.5 Å². The molecular formula is C11H12F2N4O3. The van der Waals surface area contributed by atoms with Gasteiger partial charge in [0, 0.05) is 6.20 Å². The molecule has 7 nitrogen and oxygen atoms in total. The predicted molar refractivity (Wildman–Crippen MR) is 64.5 cm³/mol. The number of pyridine rings is 1. The van der Waals surface area contributed by atoms with Gasteiger partial charge in [-0.05, 0) is 12.1 Å². The highest BCUT2D eigenvalue weighted by molar-refractivity contribution is 5.75. The van der Waals surface area contributed by atoms with E-state index in [2.05, 4.69) is 5.10 Å². The molecule has 9 heteroatoms. The van der Waals surface area contributed by atoms with Crippen molar-refractivity contribution >= 4 is 11.6 Å². The van der Waals surface area contributed by atoms with E-state index in [1.165, 1.54) is 10.6 Å². The van der Waals surface area contributed by atoms with Gasteiger partial charge in [-0.2, -0.15) is 0 Å². The van der Waals surface area contributed by atoms with Crippen LogP contribution in [-0.4, -0.2) is 44.3 Å². The minimum absolute atomic E-state index is 0.353. The standard InChI is InChI=1S/C11H12F2N4O3/c12-11(13,7-18)6-14-9(19)5-17-10(20)16-4-2-1-3-8(16)15-17/h1-4,18H,5-7H2,(H,14,19). The molecule has 0 saturated carbocycles. The van der Waals surface area contributed by atoms with E-state index in [1.807, 2.05) is 5.32 Å². The molecular weight excluding hydrogens is 274 g/mol. The molecule has 2 aromatic rings. The number of aliphatic hydroxyl groups excluding tert-OH is 1. The number of nitrogens with zero attached hydrogens (tertiary/aromatic N) is 3. The van der Waals surface area contributed by atoms with E-state index in [1.54, 1.807) is 18.2 Å². The van der Waals surface area contributed by atoms with E-state index in [0.29, 0.717) is 5.65 Å². The van der Waals surface area contributed by atoms with Crippen molar-refractivity contribution in [3.05, 3.63) is 34.9 Å². The van der Waals surface area contributed by atoms with Crippen molar-refractivity contribution in [2.24, 2.45) is 0 Å². The molecule has 108 valence electrons. The maximum absolute atomic E-state index is 12.7. The molecule has 0 aliphatic carbocycles. The Labute approximate surface area is 111 Å². The van der Waals surface area contributed by atoms with Gasteiger partial charge in [0.1, 0.15) is 13.2 Å². The highest BCUT2D eigenvalue weighted by Crippen LogP contribution is 2.09. The zero-order valence-corrected chi connectivity index (χ0v) is 10.3. The van der Waals surface area contributed by atoms with Gasteiger partial charge >= 0.3 is 5.69 Å². The lowest BCUT2D eigenvalue weighted by Crippen LogP contribution is -2.41. The predicted octanol–water partition coefficient (Wildman–Crippen LogP) is -0.760. The molecule has 2 rings (SSSR count). The summed E-state index contributed by atoms with van der Waals surface area (Å²) in [5.74, 6) is -4.18. The maximum Gasteiger partial charge on any atom is 0.350 e. The van der Waals surface area contributed by atoms with Gasteiger partial charge in [0.25, 0.3) is 5.92 Å². The van der Waals surface area contributed by atoms with Crippen LogP contribution >= 0.6 is 0 Å². The number of carbonyl (C=O) groups is 1. The highest BCUT2D eigenvalue weighted by atomic mass is 19.3. The fourth-order valence-corrected chi connectivity index (χ4v) is 1.55. The summed E-state index contributed by atoms with van der Waals surface area (Å²) in [6, 6.07) is 4.88. The molecule has 20 heavy (non-hydrogen) atoms. The fraction of sp³-hybridized carbons (Fsp3) is 0.364. The van der Waals surface area contributed by atoms with Crippen LogP contribution in [0, 0.1) is 0 Å². The second kappa shape index (κ2) is 5.37. The summed E-state index contributed by atoms with van der Waals surface area (Å²) >= 11 is 0. The van der Waals surface area contributed by atoms with Gasteiger partial charge in [-0.1, -0.05) is 6.07 Å². The van der Waals surface area contributed by atoms with Crippen molar-refractivity contribution in [1.29, 1.82) is 0 Å². The third-order valence-corrected chi connectivity index (χ3v) is 2.56. The number of hydrogen-bond acceptors (Lipinski definition) is 4. The van der Waals surface area contributed by atoms with E-state index >= 15 is 0 Å². The van der Waals surface area contributed by atoms with Crippen molar-refractivity contribution in [1.82, 2.24) is 19.5 Å². The minimum atomic E-state index is -3.39. The second-order valence-corrected chi connectivity index (χ2v) is 4.16. The van der Waals surface area contributed by atoms with Gasteiger partial charge in [0.05, 0.1) is 6.54 Å². The molecule has 0 aliphatic rings. The summed E-state index contributed by atoms with van der Waals surface area (Å²) in [6.45, 7) is -2.83. The first-order chi connectivity index (χ1) is 9.43. The topological polar surface area (TPSA) is 88.6 Å². The van der Waals surface area contributed by atoms with Crippen LogP contribution in [-0.2, 0) is 11.3 Å². The molecule has 0 aromatic carbocycles. The lowest BCUT2D eigenvalue weighted by atomic mass is 10.3. The zero-order chi connectivity index (χ0) is 14.8. The zero-order valence-electron chi connectivity index (χ0n) is 10.3. The molecule has 0 saturated heterocycles. The normalized spacial score (nSPS) is 11.8. The van der Waals surface area contributed by atoms with Gasteiger partial charge in [-0.15, -0.1) is 5.10 Å². The number of nitrogens with one attached hydrogen (secondary N) is 1. The number of aliphatic hydroxyl groups is 1. The molecule has 0 aliphatic heterocycles. The first-order valence-electron chi connectivity index (χ1n) is 5.72. The van der Waals surface area contributed by atoms with E-state index in [4.69, 9.17) is 5.11 Å². The fourth-order valence-electron chi connectivity index (χ4n) is 1.55. The number of amides is 1. The van der Waals surface area contributed by atoms with Gasteiger partial charge in [-0.3, -0.25) is 9.20 Å². The molecule has 0 unspecified atom stereocenters. The van der Waals surface area contributed by atoms with Crippen LogP contribution in [0.3, 0.4) is 0 Å². The maximum atomic E-state index is 12.7. The Bertz CT molecular complexity index is 680. The number of hydrogen-bond donors (Lipinski definition) is 2. The molecule has 1 amide bonds. The van der Waals surface area contributed by atoms with Crippen LogP contribution < -0.4 is 11.0 Å². The Morgan fingerprint density at radius 1 is 1.45 bits per heavy atom. The quantitative estimate of drug-likeness (QED) is 0.756. The first kappa shape index (κ1) is 14.1. The number of rotatable bonds is 5. The third-order valence-electron chi connectivity index (χ3n) is 2.56. The molecule has 2 aromatic heterocycles. The Morgan fingerprint density at radius 2 is 2.20 bits per heavy atom. The summed E-state index contributed by atoms with van der Waals surface area (Å²) in [4.78, 5) is 23.3. The molecule has 0 spiro atoms. The van der Waals surface area contributed by atoms with Crippen molar-refractivity contribution < 1.29 is 18.7 Å². The van der Waals surface area contributed by atoms with E-state index in [-0.39, 0.29) is 0 Å².